The third-order valence-corrected chi connectivity index (χ3v) is 4.24. The van der Waals surface area contributed by atoms with Crippen molar-refractivity contribution in [3.63, 3.8) is 0 Å². The largest absolute Gasteiger partial charge is 0.368 e. The van der Waals surface area contributed by atoms with E-state index in [-0.39, 0.29) is 24.4 Å². The molecule has 0 bridgehead atoms. The molecule has 0 aromatic heterocycles. The molecule has 2 unspecified atom stereocenters. The molecule has 2 atom stereocenters. The predicted molar refractivity (Wildman–Crippen MR) is 105 cm³/mol. The SMILES string of the molecule is CC(N)C(C)C(=O)Nc1cccc(N(CC(N)=O)Cc2ccccc2)c1. The maximum absolute atomic E-state index is 12.2. The first-order valence-corrected chi connectivity index (χ1v) is 8.60. The van der Waals surface area contributed by atoms with E-state index in [9.17, 15) is 9.59 Å². The van der Waals surface area contributed by atoms with E-state index in [0.717, 1.165) is 11.3 Å². The molecule has 0 heterocycles. The Labute approximate surface area is 154 Å². The molecule has 2 aromatic carbocycles. The molecule has 0 saturated heterocycles. The van der Waals surface area contributed by atoms with Gasteiger partial charge in [-0.25, -0.2) is 0 Å². The molecule has 0 spiro atoms. The van der Waals surface area contributed by atoms with Crippen LogP contribution in [0.25, 0.3) is 0 Å². The van der Waals surface area contributed by atoms with Gasteiger partial charge in [0.25, 0.3) is 0 Å². The van der Waals surface area contributed by atoms with Crippen molar-refractivity contribution in [2.24, 2.45) is 17.4 Å². The summed E-state index contributed by atoms with van der Waals surface area (Å²) in [6, 6.07) is 16.9. The predicted octanol–water partition coefficient (Wildman–Crippen LogP) is 2.10. The molecule has 0 aliphatic heterocycles. The van der Waals surface area contributed by atoms with E-state index in [1.807, 2.05) is 53.4 Å². The van der Waals surface area contributed by atoms with Gasteiger partial charge in [0.15, 0.2) is 0 Å². The summed E-state index contributed by atoms with van der Waals surface area (Å²) >= 11 is 0. The Morgan fingerprint density at radius 1 is 1.08 bits per heavy atom. The van der Waals surface area contributed by atoms with E-state index in [4.69, 9.17) is 11.5 Å². The van der Waals surface area contributed by atoms with Crippen molar-refractivity contribution in [1.82, 2.24) is 0 Å². The summed E-state index contributed by atoms with van der Waals surface area (Å²) in [4.78, 5) is 25.6. The van der Waals surface area contributed by atoms with Crippen LogP contribution in [0.2, 0.25) is 0 Å². The number of carbonyl (C=O) groups excluding carboxylic acids is 2. The van der Waals surface area contributed by atoms with Gasteiger partial charge in [0.1, 0.15) is 0 Å². The number of hydrogen-bond donors (Lipinski definition) is 3. The van der Waals surface area contributed by atoms with Crippen LogP contribution in [0.3, 0.4) is 0 Å². The van der Waals surface area contributed by atoms with Gasteiger partial charge in [0.05, 0.1) is 12.5 Å². The second-order valence-corrected chi connectivity index (χ2v) is 6.50. The molecule has 0 saturated carbocycles. The maximum Gasteiger partial charge on any atom is 0.236 e. The highest BCUT2D eigenvalue weighted by atomic mass is 16.2. The monoisotopic (exact) mass is 354 g/mol. The van der Waals surface area contributed by atoms with E-state index >= 15 is 0 Å². The van der Waals surface area contributed by atoms with Crippen LogP contribution in [-0.2, 0) is 16.1 Å². The number of anilines is 2. The molecule has 0 radical (unpaired) electrons. The Morgan fingerprint density at radius 2 is 1.77 bits per heavy atom. The molecule has 6 nitrogen and oxygen atoms in total. The molecular weight excluding hydrogens is 328 g/mol. The fraction of sp³-hybridized carbons (Fsp3) is 0.300. The summed E-state index contributed by atoms with van der Waals surface area (Å²) in [5.41, 5.74) is 13.7. The van der Waals surface area contributed by atoms with Crippen molar-refractivity contribution in [2.45, 2.75) is 26.4 Å². The van der Waals surface area contributed by atoms with Gasteiger partial charge in [-0.2, -0.15) is 0 Å². The topological polar surface area (TPSA) is 101 Å². The first-order valence-electron chi connectivity index (χ1n) is 8.60. The summed E-state index contributed by atoms with van der Waals surface area (Å²) in [6.45, 7) is 4.22. The standard InChI is InChI=1S/C20H26N4O2/c1-14(15(2)21)20(26)23-17-9-6-10-18(11-17)24(13-19(22)25)12-16-7-4-3-5-8-16/h3-11,14-15H,12-13,21H2,1-2H3,(H2,22,25)(H,23,26). The summed E-state index contributed by atoms with van der Waals surface area (Å²) < 4.78 is 0. The Hall–Kier alpha value is -2.86. The lowest BCUT2D eigenvalue weighted by molar-refractivity contribution is -0.120. The van der Waals surface area contributed by atoms with Crippen molar-refractivity contribution in [1.29, 1.82) is 0 Å². The number of hydrogen-bond acceptors (Lipinski definition) is 4. The van der Waals surface area contributed by atoms with Crippen molar-refractivity contribution < 1.29 is 9.59 Å². The highest BCUT2D eigenvalue weighted by Gasteiger charge is 2.17. The lowest BCUT2D eigenvalue weighted by Crippen LogP contribution is -2.34. The molecule has 26 heavy (non-hydrogen) atoms. The zero-order chi connectivity index (χ0) is 19.1. The summed E-state index contributed by atoms with van der Waals surface area (Å²) in [7, 11) is 0. The van der Waals surface area contributed by atoms with Crippen LogP contribution < -0.4 is 21.7 Å². The van der Waals surface area contributed by atoms with E-state index < -0.39 is 5.91 Å². The number of carbonyl (C=O) groups is 2. The smallest absolute Gasteiger partial charge is 0.236 e. The lowest BCUT2D eigenvalue weighted by Gasteiger charge is -2.24. The molecule has 138 valence electrons. The third-order valence-electron chi connectivity index (χ3n) is 4.24. The van der Waals surface area contributed by atoms with E-state index in [1.54, 1.807) is 19.9 Å². The number of nitrogens with zero attached hydrogens (tertiary/aromatic N) is 1. The minimum atomic E-state index is -0.416. The number of nitrogens with one attached hydrogen (secondary N) is 1. The third kappa shape index (κ3) is 5.60. The average molecular weight is 354 g/mol. The van der Waals surface area contributed by atoms with Crippen LogP contribution in [0.4, 0.5) is 11.4 Å². The normalized spacial score (nSPS) is 12.9. The van der Waals surface area contributed by atoms with E-state index in [1.165, 1.54) is 0 Å². The molecule has 2 amide bonds. The van der Waals surface area contributed by atoms with Crippen molar-refractivity contribution in [2.75, 3.05) is 16.8 Å². The molecule has 6 heteroatoms. The second kappa shape index (κ2) is 9.01. The minimum absolute atomic E-state index is 0.0858. The number of amides is 2. The average Bonchev–Trinajstić information content (AvgIpc) is 2.61. The second-order valence-electron chi connectivity index (χ2n) is 6.50. The van der Waals surface area contributed by atoms with E-state index in [0.29, 0.717) is 12.2 Å². The van der Waals surface area contributed by atoms with Gasteiger partial charge in [-0.1, -0.05) is 43.3 Å². The highest BCUT2D eigenvalue weighted by Crippen LogP contribution is 2.22. The number of primary amides is 1. The number of benzene rings is 2. The van der Waals surface area contributed by atoms with Gasteiger partial charge in [0, 0.05) is 24.0 Å². The zero-order valence-electron chi connectivity index (χ0n) is 15.2. The van der Waals surface area contributed by atoms with Crippen LogP contribution in [0, 0.1) is 5.92 Å². The summed E-state index contributed by atoms with van der Waals surface area (Å²) in [5.74, 6) is -0.854. The molecular formula is C20H26N4O2. The van der Waals surface area contributed by atoms with Gasteiger partial charge in [-0.15, -0.1) is 0 Å². The van der Waals surface area contributed by atoms with Gasteiger partial charge in [-0.05, 0) is 30.7 Å². The Morgan fingerprint density at radius 3 is 2.38 bits per heavy atom. The molecule has 5 N–H and O–H groups in total. The summed E-state index contributed by atoms with van der Waals surface area (Å²) in [5, 5.41) is 2.87. The minimum Gasteiger partial charge on any atom is -0.368 e. The first kappa shape index (κ1) is 19.5. The molecule has 0 aliphatic carbocycles. The van der Waals surface area contributed by atoms with Crippen molar-refractivity contribution in [3.05, 3.63) is 60.2 Å². The van der Waals surface area contributed by atoms with Crippen LogP contribution >= 0.6 is 0 Å². The lowest BCUT2D eigenvalue weighted by atomic mass is 10.0. The van der Waals surface area contributed by atoms with E-state index in [2.05, 4.69) is 5.32 Å². The zero-order valence-corrected chi connectivity index (χ0v) is 15.2. The number of rotatable bonds is 8. The Balaban J connectivity index is 2.20. The van der Waals surface area contributed by atoms with Crippen LogP contribution in [-0.4, -0.2) is 24.4 Å². The molecule has 0 fully saturated rings. The van der Waals surface area contributed by atoms with Gasteiger partial charge in [0.2, 0.25) is 11.8 Å². The van der Waals surface area contributed by atoms with Crippen LogP contribution in [0.1, 0.15) is 19.4 Å². The van der Waals surface area contributed by atoms with Crippen molar-refractivity contribution in [3.8, 4) is 0 Å². The summed E-state index contributed by atoms with van der Waals surface area (Å²) in [6.07, 6.45) is 0. The van der Waals surface area contributed by atoms with Gasteiger partial charge < -0.3 is 21.7 Å². The number of nitrogens with two attached hydrogens (primary N) is 2. The quantitative estimate of drug-likeness (QED) is 0.675. The van der Waals surface area contributed by atoms with Crippen molar-refractivity contribution >= 4 is 23.2 Å². The van der Waals surface area contributed by atoms with Gasteiger partial charge >= 0.3 is 0 Å². The van der Waals surface area contributed by atoms with Crippen LogP contribution in [0.15, 0.2) is 54.6 Å². The van der Waals surface area contributed by atoms with Gasteiger partial charge in [-0.3, -0.25) is 9.59 Å². The maximum atomic E-state index is 12.2. The fourth-order valence-corrected chi connectivity index (χ4v) is 2.51. The Kier molecular flexibility index (Phi) is 6.74. The highest BCUT2D eigenvalue weighted by molar-refractivity contribution is 5.93. The molecule has 2 aromatic rings. The first-order chi connectivity index (χ1) is 12.4. The molecule has 0 aliphatic rings. The fourth-order valence-electron chi connectivity index (χ4n) is 2.51. The van der Waals surface area contributed by atoms with Crippen LogP contribution in [0.5, 0.6) is 0 Å². The molecule has 2 rings (SSSR count). The Bertz CT molecular complexity index is 746.